The second-order valence-electron chi connectivity index (χ2n) is 7.43. The lowest BCUT2D eigenvalue weighted by Gasteiger charge is -2.22. The van der Waals surface area contributed by atoms with Crippen molar-refractivity contribution in [3.8, 4) is 0 Å². The van der Waals surface area contributed by atoms with Gasteiger partial charge in [-0.1, -0.05) is 19.3 Å². The molecule has 1 unspecified atom stereocenters. The summed E-state index contributed by atoms with van der Waals surface area (Å²) in [7, 11) is 0. The number of nitrogens with zero attached hydrogens (tertiary/aromatic N) is 2. The van der Waals surface area contributed by atoms with Gasteiger partial charge < -0.3 is 14.7 Å². The third-order valence-electron chi connectivity index (χ3n) is 5.51. The average molecular weight is 342 g/mol. The number of aryl methyl sites for hydroxylation is 3. The molecule has 6 nitrogen and oxygen atoms in total. The van der Waals surface area contributed by atoms with Crippen LogP contribution in [-0.2, 0) is 12.8 Å². The van der Waals surface area contributed by atoms with Crippen molar-refractivity contribution in [2.75, 3.05) is 0 Å². The number of hydrogen-bond acceptors (Lipinski definition) is 4. The minimum Gasteiger partial charge on any atom is -0.445 e. The Bertz CT molecular complexity index is 770. The van der Waals surface area contributed by atoms with Gasteiger partial charge in [0.1, 0.15) is 11.6 Å². The Labute approximate surface area is 147 Å². The number of rotatable bonds is 3. The normalized spacial score (nSPS) is 21.1. The van der Waals surface area contributed by atoms with E-state index in [4.69, 9.17) is 9.40 Å². The smallest absolute Gasteiger partial charge is 0.273 e. The van der Waals surface area contributed by atoms with Gasteiger partial charge in [-0.15, -0.1) is 0 Å². The van der Waals surface area contributed by atoms with E-state index in [0.29, 0.717) is 23.3 Å². The fourth-order valence-electron chi connectivity index (χ4n) is 4.19. The zero-order valence-electron chi connectivity index (χ0n) is 15.0. The molecule has 1 fully saturated rings. The molecular formula is C19H26N4O2. The Hall–Kier alpha value is -2.11. The Morgan fingerprint density at radius 2 is 1.96 bits per heavy atom. The molecule has 2 aromatic rings. The van der Waals surface area contributed by atoms with Crippen LogP contribution in [0.25, 0.3) is 0 Å². The van der Waals surface area contributed by atoms with Gasteiger partial charge in [0.25, 0.3) is 5.91 Å². The van der Waals surface area contributed by atoms with Crippen LogP contribution in [0.5, 0.6) is 0 Å². The number of aromatic amines is 1. The molecule has 2 N–H and O–H groups in total. The van der Waals surface area contributed by atoms with Gasteiger partial charge >= 0.3 is 0 Å². The molecular weight excluding hydrogens is 316 g/mol. The van der Waals surface area contributed by atoms with E-state index < -0.39 is 0 Å². The highest BCUT2D eigenvalue weighted by molar-refractivity contribution is 5.93. The number of fused-ring (bicyclic) bond motifs is 1. The van der Waals surface area contributed by atoms with E-state index >= 15 is 0 Å². The summed E-state index contributed by atoms with van der Waals surface area (Å²) < 4.78 is 5.36. The molecule has 0 bridgehead atoms. The van der Waals surface area contributed by atoms with E-state index in [2.05, 4.69) is 15.3 Å². The van der Waals surface area contributed by atoms with Crippen molar-refractivity contribution in [1.29, 1.82) is 0 Å². The molecule has 2 aromatic heterocycles. The van der Waals surface area contributed by atoms with Gasteiger partial charge in [0.2, 0.25) is 0 Å². The zero-order valence-corrected chi connectivity index (χ0v) is 15.0. The molecule has 0 aliphatic heterocycles. The Morgan fingerprint density at radius 1 is 1.16 bits per heavy atom. The van der Waals surface area contributed by atoms with E-state index in [1.165, 1.54) is 49.3 Å². The molecule has 2 aliphatic carbocycles. The number of H-pyrrole nitrogens is 1. The highest BCUT2D eigenvalue weighted by Gasteiger charge is 2.27. The molecule has 0 saturated heterocycles. The lowest BCUT2D eigenvalue weighted by Crippen LogP contribution is -2.39. The number of carbonyl (C=O) groups is 1. The SMILES string of the molecule is Cc1nc(C(=O)NC2CCc3nc(C4CCCCC4)[nH]c3C2)c(C)o1. The van der Waals surface area contributed by atoms with Crippen molar-refractivity contribution in [2.24, 2.45) is 0 Å². The molecule has 134 valence electrons. The quantitative estimate of drug-likeness (QED) is 0.896. The van der Waals surface area contributed by atoms with Crippen LogP contribution in [-0.4, -0.2) is 26.9 Å². The van der Waals surface area contributed by atoms with Crippen molar-refractivity contribution in [3.05, 3.63) is 34.6 Å². The monoisotopic (exact) mass is 342 g/mol. The summed E-state index contributed by atoms with van der Waals surface area (Å²) in [5, 5.41) is 3.11. The lowest BCUT2D eigenvalue weighted by molar-refractivity contribution is 0.0927. The summed E-state index contributed by atoms with van der Waals surface area (Å²) in [4.78, 5) is 25.1. The summed E-state index contributed by atoms with van der Waals surface area (Å²) in [5.74, 6) is 2.72. The minimum absolute atomic E-state index is 0.121. The van der Waals surface area contributed by atoms with Crippen LogP contribution in [0.3, 0.4) is 0 Å². The molecule has 1 amide bonds. The summed E-state index contributed by atoms with van der Waals surface area (Å²) in [6, 6.07) is 0.121. The number of imidazole rings is 1. The average Bonchev–Trinajstić information content (AvgIpc) is 3.18. The van der Waals surface area contributed by atoms with Crippen LogP contribution in [0.15, 0.2) is 4.42 Å². The van der Waals surface area contributed by atoms with Crippen LogP contribution in [0.4, 0.5) is 0 Å². The second kappa shape index (κ2) is 6.65. The lowest BCUT2D eigenvalue weighted by atomic mass is 9.89. The molecule has 1 saturated carbocycles. The fraction of sp³-hybridized carbons (Fsp3) is 0.632. The standard InChI is InChI=1S/C19H26N4O2/c1-11-17(20-12(2)25-11)19(24)21-14-8-9-15-16(10-14)23-18(22-15)13-6-4-3-5-7-13/h13-14H,3-10H2,1-2H3,(H,21,24)(H,22,23). The highest BCUT2D eigenvalue weighted by Crippen LogP contribution is 2.32. The first-order chi connectivity index (χ1) is 12.1. The summed E-state index contributed by atoms with van der Waals surface area (Å²) >= 11 is 0. The molecule has 0 radical (unpaired) electrons. The van der Waals surface area contributed by atoms with Crippen molar-refractivity contribution in [3.63, 3.8) is 0 Å². The molecule has 6 heteroatoms. The highest BCUT2D eigenvalue weighted by atomic mass is 16.4. The first-order valence-corrected chi connectivity index (χ1v) is 9.42. The fourth-order valence-corrected chi connectivity index (χ4v) is 4.19. The van der Waals surface area contributed by atoms with Gasteiger partial charge in [-0.25, -0.2) is 9.97 Å². The van der Waals surface area contributed by atoms with E-state index in [-0.39, 0.29) is 11.9 Å². The van der Waals surface area contributed by atoms with Gasteiger partial charge in [-0.3, -0.25) is 4.79 Å². The number of nitrogens with one attached hydrogen (secondary N) is 2. The van der Waals surface area contributed by atoms with Crippen molar-refractivity contribution >= 4 is 5.91 Å². The Balaban J connectivity index is 1.43. The zero-order chi connectivity index (χ0) is 17.4. The molecule has 25 heavy (non-hydrogen) atoms. The Morgan fingerprint density at radius 3 is 2.68 bits per heavy atom. The first kappa shape index (κ1) is 16.4. The second-order valence-corrected chi connectivity index (χ2v) is 7.43. The minimum atomic E-state index is -0.144. The molecule has 0 spiro atoms. The van der Waals surface area contributed by atoms with Crippen molar-refractivity contribution in [1.82, 2.24) is 20.3 Å². The maximum Gasteiger partial charge on any atom is 0.273 e. The summed E-state index contributed by atoms with van der Waals surface area (Å²) in [6.45, 7) is 3.54. The van der Waals surface area contributed by atoms with Gasteiger partial charge in [-0.2, -0.15) is 0 Å². The maximum atomic E-state index is 12.5. The molecule has 2 heterocycles. The molecule has 0 aromatic carbocycles. The van der Waals surface area contributed by atoms with Crippen LogP contribution in [0.1, 0.15) is 83.8 Å². The van der Waals surface area contributed by atoms with E-state index in [9.17, 15) is 4.79 Å². The predicted octanol–water partition coefficient (Wildman–Crippen LogP) is 3.35. The molecule has 1 atom stereocenters. The Kier molecular flexibility index (Phi) is 4.36. The van der Waals surface area contributed by atoms with E-state index in [1.54, 1.807) is 13.8 Å². The van der Waals surface area contributed by atoms with Crippen LogP contribution >= 0.6 is 0 Å². The van der Waals surface area contributed by atoms with Crippen molar-refractivity contribution < 1.29 is 9.21 Å². The number of amides is 1. The molecule has 2 aliphatic rings. The van der Waals surface area contributed by atoms with E-state index in [0.717, 1.165) is 19.3 Å². The van der Waals surface area contributed by atoms with Crippen molar-refractivity contribution in [2.45, 2.75) is 77.2 Å². The summed E-state index contributed by atoms with van der Waals surface area (Å²) in [6.07, 6.45) is 9.12. The van der Waals surface area contributed by atoms with Crippen LogP contribution in [0, 0.1) is 13.8 Å². The summed E-state index contributed by atoms with van der Waals surface area (Å²) in [5.41, 5.74) is 2.79. The van der Waals surface area contributed by atoms with Gasteiger partial charge in [0, 0.05) is 31.0 Å². The number of hydrogen-bond donors (Lipinski definition) is 2. The maximum absolute atomic E-state index is 12.5. The number of aromatic nitrogens is 3. The molecule has 4 rings (SSSR count). The third-order valence-corrected chi connectivity index (χ3v) is 5.51. The van der Waals surface area contributed by atoms with Gasteiger partial charge in [0.05, 0.1) is 5.69 Å². The van der Waals surface area contributed by atoms with Gasteiger partial charge in [-0.05, 0) is 32.6 Å². The van der Waals surface area contributed by atoms with E-state index in [1.807, 2.05) is 0 Å². The predicted molar refractivity (Wildman–Crippen MR) is 93.7 cm³/mol. The topological polar surface area (TPSA) is 83.8 Å². The number of oxazole rings is 1. The number of carbonyl (C=O) groups excluding carboxylic acids is 1. The van der Waals surface area contributed by atoms with Crippen LogP contribution < -0.4 is 5.32 Å². The van der Waals surface area contributed by atoms with Gasteiger partial charge in [0.15, 0.2) is 11.6 Å². The third kappa shape index (κ3) is 3.34. The van der Waals surface area contributed by atoms with Crippen LogP contribution in [0.2, 0.25) is 0 Å². The first-order valence-electron chi connectivity index (χ1n) is 9.42. The largest absolute Gasteiger partial charge is 0.445 e.